The lowest BCUT2D eigenvalue weighted by molar-refractivity contribution is 0.355. The van der Waals surface area contributed by atoms with E-state index in [0.29, 0.717) is 0 Å². The van der Waals surface area contributed by atoms with Gasteiger partial charge in [0.15, 0.2) is 5.75 Å². The van der Waals surface area contributed by atoms with E-state index < -0.39 is 0 Å². The molecule has 3 aromatic rings. The summed E-state index contributed by atoms with van der Waals surface area (Å²) in [5, 5.41) is 11.5. The predicted molar refractivity (Wildman–Crippen MR) is 118 cm³/mol. The molecule has 0 heterocycles. The van der Waals surface area contributed by atoms with Crippen LogP contribution in [0.15, 0.2) is 78.9 Å². The molecular weight excluding hydrogens is 342 g/mol. The van der Waals surface area contributed by atoms with Gasteiger partial charge in [-0.15, -0.1) is 0 Å². The second-order valence-electron chi connectivity index (χ2n) is 7.35. The van der Waals surface area contributed by atoms with Crippen LogP contribution in [0.5, 0.6) is 5.75 Å². The van der Waals surface area contributed by atoms with Crippen LogP contribution >= 0.6 is 0 Å². The van der Waals surface area contributed by atoms with Gasteiger partial charge in [-0.1, -0.05) is 69.4 Å². The van der Waals surface area contributed by atoms with Crippen molar-refractivity contribution in [1.29, 1.82) is 0 Å². The molecule has 3 aromatic carbocycles. The molecule has 1 radical (unpaired) electrons. The number of aryl methyl sites for hydroxylation is 1. The largest absolute Gasteiger partial charge is 0.311 e. The molecule has 0 saturated carbocycles. The van der Waals surface area contributed by atoms with Crippen LogP contribution in [0.2, 0.25) is 0 Å². The first-order chi connectivity index (χ1) is 13.8. The van der Waals surface area contributed by atoms with Crippen molar-refractivity contribution in [3.8, 4) is 5.75 Å². The van der Waals surface area contributed by atoms with E-state index in [1.165, 1.54) is 44.1 Å². The van der Waals surface area contributed by atoms with Gasteiger partial charge in [-0.2, -0.15) is 0 Å². The Kier molecular flexibility index (Phi) is 7.54. The van der Waals surface area contributed by atoms with Crippen molar-refractivity contribution in [2.75, 3.05) is 4.90 Å². The van der Waals surface area contributed by atoms with Gasteiger partial charge in [0.05, 0.1) is 0 Å². The lowest BCUT2D eigenvalue weighted by Gasteiger charge is -2.25. The van der Waals surface area contributed by atoms with Gasteiger partial charge < -0.3 is 4.90 Å². The lowest BCUT2D eigenvalue weighted by atomic mass is 10.0. The summed E-state index contributed by atoms with van der Waals surface area (Å²) < 4.78 is 0. The maximum Gasteiger partial charge on any atom is 0.178 e. The van der Waals surface area contributed by atoms with E-state index in [9.17, 15) is 5.11 Å². The third-order valence-corrected chi connectivity index (χ3v) is 5.12. The Hall–Kier alpha value is -2.74. The third-order valence-electron chi connectivity index (χ3n) is 5.12. The summed E-state index contributed by atoms with van der Waals surface area (Å²) >= 11 is 0. The summed E-state index contributed by atoms with van der Waals surface area (Å²) in [6.07, 6.45) is 9.10. The van der Waals surface area contributed by atoms with Gasteiger partial charge in [-0.05, 0) is 66.9 Å². The fourth-order valence-corrected chi connectivity index (χ4v) is 3.54. The molecule has 0 spiro atoms. The van der Waals surface area contributed by atoms with Gasteiger partial charge in [0.1, 0.15) is 0 Å². The third kappa shape index (κ3) is 5.63. The van der Waals surface area contributed by atoms with Gasteiger partial charge in [0.25, 0.3) is 0 Å². The maximum absolute atomic E-state index is 11.5. The van der Waals surface area contributed by atoms with Gasteiger partial charge in [0, 0.05) is 17.1 Å². The lowest BCUT2D eigenvalue weighted by Crippen LogP contribution is -2.09. The Morgan fingerprint density at radius 2 is 1.14 bits per heavy atom. The number of benzene rings is 3. The molecule has 0 saturated heterocycles. The highest BCUT2D eigenvalue weighted by Gasteiger charge is 2.12. The molecule has 0 aromatic heterocycles. The Morgan fingerprint density at radius 3 is 1.79 bits per heavy atom. The van der Waals surface area contributed by atoms with E-state index >= 15 is 0 Å². The smallest absolute Gasteiger partial charge is 0.178 e. The number of hydrogen-bond donors (Lipinski definition) is 0. The van der Waals surface area contributed by atoms with Crippen molar-refractivity contribution in [2.45, 2.75) is 51.9 Å². The summed E-state index contributed by atoms with van der Waals surface area (Å²) in [6, 6.07) is 26.1. The highest BCUT2D eigenvalue weighted by Crippen LogP contribution is 2.35. The average Bonchev–Trinajstić information content (AvgIpc) is 2.74. The number of hydrogen-bond acceptors (Lipinski definition) is 1. The van der Waals surface area contributed by atoms with Crippen LogP contribution in [0, 0.1) is 0 Å². The van der Waals surface area contributed by atoms with Crippen LogP contribution in [0.4, 0.5) is 17.1 Å². The van der Waals surface area contributed by atoms with Crippen LogP contribution in [0.1, 0.15) is 51.0 Å². The zero-order valence-corrected chi connectivity index (χ0v) is 16.8. The number of nitrogens with zero attached hydrogens (tertiary/aromatic N) is 1. The predicted octanol–water partition coefficient (Wildman–Crippen LogP) is 8.20. The van der Waals surface area contributed by atoms with Crippen molar-refractivity contribution in [3.05, 3.63) is 84.4 Å². The maximum atomic E-state index is 11.5. The SMILES string of the molecule is CCCCCCCCc1ccc(N(c2ccccc2)c2ccc([O])cc2)cc1. The minimum absolute atomic E-state index is 0.0334. The quantitative estimate of drug-likeness (QED) is 0.329. The van der Waals surface area contributed by atoms with Crippen LogP contribution in [-0.4, -0.2) is 0 Å². The van der Waals surface area contributed by atoms with Crippen LogP contribution in [-0.2, 0) is 11.5 Å². The van der Waals surface area contributed by atoms with Crippen molar-refractivity contribution in [2.24, 2.45) is 0 Å². The molecule has 0 aliphatic heterocycles. The number of para-hydroxylation sites is 1. The first kappa shape index (κ1) is 20.0. The van der Waals surface area contributed by atoms with E-state index in [1.807, 2.05) is 30.3 Å². The molecule has 0 bridgehead atoms. The Bertz CT molecular complexity index is 809. The second-order valence-corrected chi connectivity index (χ2v) is 7.35. The minimum Gasteiger partial charge on any atom is -0.311 e. The Labute approximate surface area is 169 Å². The molecule has 0 amide bonds. The molecule has 0 fully saturated rings. The highest BCUT2D eigenvalue weighted by atomic mass is 16.3. The summed E-state index contributed by atoms with van der Waals surface area (Å²) in [4.78, 5) is 2.19. The number of anilines is 3. The van der Waals surface area contributed by atoms with Crippen LogP contribution < -0.4 is 4.90 Å². The minimum atomic E-state index is 0.0334. The van der Waals surface area contributed by atoms with E-state index in [2.05, 4.69) is 48.2 Å². The fourth-order valence-electron chi connectivity index (χ4n) is 3.54. The molecule has 0 atom stereocenters. The topological polar surface area (TPSA) is 23.1 Å². The van der Waals surface area contributed by atoms with Gasteiger partial charge in [-0.25, -0.2) is 0 Å². The van der Waals surface area contributed by atoms with Crippen molar-refractivity contribution < 1.29 is 5.11 Å². The zero-order chi connectivity index (χ0) is 19.6. The fraction of sp³-hybridized carbons (Fsp3) is 0.308. The molecule has 0 aliphatic carbocycles. The van der Waals surface area contributed by atoms with Crippen molar-refractivity contribution in [1.82, 2.24) is 0 Å². The molecular formula is C26H30NO. The Morgan fingerprint density at radius 1 is 0.607 bits per heavy atom. The zero-order valence-electron chi connectivity index (χ0n) is 16.8. The van der Waals surface area contributed by atoms with Crippen LogP contribution in [0.25, 0.3) is 0 Å². The number of rotatable bonds is 10. The molecule has 0 unspecified atom stereocenters. The molecule has 0 N–H and O–H groups in total. The van der Waals surface area contributed by atoms with Gasteiger partial charge >= 0.3 is 0 Å². The molecule has 145 valence electrons. The van der Waals surface area contributed by atoms with E-state index in [-0.39, 0.29) is 5.75 Å². The van der Waals surface area contributed by atoms with Crippen molar-refractivity contribution in [3.63, 3.8) is 0 Å². The molecule has 28 heavy (non-hydrogen) atoms. The molecule has 3 rings (SSSR count). The summed E-state index contributed by atoms with van der Waals surface area (Å²) in [7, 11) is 0. The first-order valence-electron chi connectivity index (χ1n) is 10.5. The molecule has 2 nitrogen and oxygen atoms in total. The van der Waals surface area contributed by atoms with E-state index in [4.69, 9.17) is 0 Å². The first-order valence-corrected chi connectivity index (χ1v) is 10.5. The summed E-state index contributed by atoms with van der Waals surface area (Å²) in [6.45, 7) is 2.26. The standard InChI is InChI=1S/C26H30NO/c1-2-3-4-5-6-8-11-22-14-16-24(17-15-22)27(23-12-9-7-10-13-23)25-18-20-26(28)21-19-25/h7,9-10,12-21H,2-6,8,11H2,1H3. The van der Waals surface area contributed by atoms with E-state index in [1.54, 1.807) is 12.1 Å². The van der Waals surface area contributed by atoms with Crippen LogP contribution in [0.3, 0.4) is 0 Å². The number of unbranched alkanes of at least 4 members (excludes halogenated alkanes) is 5. The Balaban J connectivity index is 1.71. The van der Waals surface area contributed by atoms with E-state index in [0.717, 1.165) is 23.5 Å². The van der Waals surface area contributed by atoms with Gasteiger partial charge in [0.2, 0.25) is 0 Å². The van der Waals surface area contributed by atoms with Crippen molar-refractivity contribution >= 4 is 17.1 Å². The molecule has 2 heteroatoms. The normalized spacial score (nSPS) is 10.8. The summed E-state index contributed by atoms with van der Waals surface area (Å²) in [5.74, 6) is 0.0334. The summed E-state index contributed by atoms with van der Waals surface area (Å²) in [5.41, 5.74) is 4.58. The highest BCUT2D eigenvalue weighted by molar-refractivity contribution is 5.76. The molecule has 0 aliphatic rings. The van der Waals surface area contributed by atoms with Gasteiger partial charge in [-0.3, -0.25) is 5.11 Å². The monoisotopic (exact) mass is 372 g/mol. The average molecular weight is 373 g/mol. The second kappa shape index (κ2) is 10.6.